The highest BCUT2D eigenvalue weighted by atomic mass is 19.1. The average Bonchev–Trinajstić information content (AvgIpc) is 2.68. The highest BCUT2D eigenvalue weighted by Crippen LogP contribution is 2.21. The summed E-state index contributed by atoms with van der Waals surface area (Å²) < 4.78 is 28.1. The van der Waals surface area contributed by atoms with Crippen LogP contribution >= 0.6 is 0 Å². The summed E-state index contributed by atoms with van der Waals surface area (Å²) in [5, 5.41) is 6.78. The molecule has 29 heavy (non-hydrogen) atoms. The van der Waals surface area contributed by atoms with Gasteiger partial charge in [-0.1, -0.05) is 19.1 Å². The molecule has 0 spiro atoms. The number of hydrogen-bond acceptors (Lipinski definition) is 3. The minimum atomic E-state index is -0.946. The highest BCUT2D eigenvalue weighted by molar-refractivity contribution is 5.93. The van der Waals surface area contributed by atoms with Crippen LogP contribution in [-0.4, -0.2) is 15.7 Å². The van der Waals surface area contributed by atoms with E-state index in [9.17, 15) is 18.4 Å². The van der Waals surface area contributed by atoms with Crippen molar-refractivity contribution in [1.29, 1.82) is 0 Å². The van der Waals surface area contributed by atoms with Gasteiger partial charge in [-0.2, -0.15) is 5.10 Å². The fourth-order valence-corrected chi connectivity index (χ4v) is 2.98. The first-order chi connectivity index (χ1) is 13.8. The van der Waals surface area contributed by atoms with E-state index in [1.807, 2.05) is 32.0 Å². The normalized spacial score (nSPS) is 11.9. The topological polar surface area (TPSA) is 64.0 Å². The van der Waals surface area contributed by atoms with Gasteiger partial charge in [0.25, 0.3) is 5.56 Å². The Morgan fingerprint density at radius 2 is 1.83 bits per heavy atom. The summed E-state index contributed by atoms with van der Waals surface area (Å²) in [6, 6.07) is 10.7. The zero-order valence-electron chi connectivity index (χ0n) is 16.4. The van der Waals surface area contributed by atoms with Crippen LogP contribution in [0, 0.1) is 25.5 Å². The Hall–Kier alpha value is -3.35. The number of benzene rings is 2. The molecule has 0 saturated carbocycles. The van der Waals surface area contributed by atoms with Gasteiger partial charge in [0, 0.05) is 17.7 Å². The summed E-state index contributed by atoms with van der Waals surface area (Å²) >= 11 is 0. The molecule has 1 heterocycles. The largest absolute Gasteiger partial charge is 0.322 e. The van der Waals surface area contributed by atoms with Crippen LogP contribution in [0.2, 0.25) is 0 Å². The molecule has 2 aromatic carbocycles. The second-order valence-electron chi connectivity index (χ2n) is 6.84. The molecule has 0 fully saturated rings. The second kappa shape index (κ2) is 8.34. The first-order valence-corrected chi connectivity index (χ1v) is 9.23. The maximum atomic E-state index is 13.9. The molecule has 0 aliphatic carbocycles. The van der Waals surface area contributed by atoms with Gasteiger partial charge in [0.2, 0.25) is 5.91 Å². The lowest BCUT2D eigenvalue weighted by atomic mass is 10.0. The van der Waals surface area contributed by atoms with E-state index in [-0.39, 0.29) is 12.1 Å². The smallest absolute Gasteiger partial charge is 0.267 e. The van der Waals surface area contributed by atoms with Crippen molar-refractivity contribution in [2.45, 2.75) is 33.2 Å². The van der Waals surface area contributed by atoms with E-state index in [1.54, 1.807) is 13.0 Å². The van der Waals surface area contributed by atoms with Crippen LogP contribution in [0.25, 0.3) is 11.3 Å². The molecule has 3 rings (SSSR count). The molecule has 0 bridgehead atoms. The van der Waals surface area contributed by atoms with Crippen molar-refractivity contribution in [1.82, 2.24) is 9.78 Å². The SMILES string of the molecule is CC[C@@H](C(=O)Nc1ccc(F)cc1F)n1nc(-c2ccc(C)c(C)c2)ccc1=O. The summed E-state index contributed by atoms with van der Waals surface area (Å²) in [6.45, 7) is 5.70. The van der Waals surface area contributed by atoms with E-state index in [2.05, 4.69) is 10.4 Å². The second-order valence-corrected chi connectivity index (χ2v) is 6.84. The van der Waals surface area contributed by atoms with Crippen molar-refractivity contribution in [3.8, 4) is 11.3 Å². The first-order valence-electron chi connectivity index (χ1n) is 9.23. The van der Waals surface area contributed by atoms with Crippen molar-refractivity contribution in [2.75, 3.05) is 5.32 Å². The molecule has 0 aliphatic heterocycles. The van der Waals surface area contributed by atoms with Crippen molar-refractivity contribution in [3.63, 3.8) is 0 Å². The number of carbonyl (C=O) groups excluding carboxylic acids is 1. The molecule has 0 unspecified atom stereocenters. The minimum Gasteiger partial charge on any atom is -0.322 e. The number of hydrogen-bond donors (Lipinski definition) is 1. The number of carbonyl (C=O) groups is 1. The molecule has 150 valence electrons. The van der Waals surface area contributed by atoms with Gasteiger partial charge in [-0.05, 0) is 55.7 Å². The summed E-state index contributed by atoms with van der Waals surface area (Å²) in [5.74, 6) is -2.24. The third kappa shape index (κ3) is 4.39. The van der Waals surface area contributed by atoms with Crippen LogP contribution in [0.15, 0.2) is 53.3 Å². The van der Waals surface area contributed by atoms with Crippen LogP contribution < -0.4 is 10.9 Å². The third-order valence-electron chi connectivity index (χ3n) is 4.80. The van der Waals surface area contributed by atoms with Gasteiger partial charge in [-0.15, -0.1) is 0 Å². The molecule has 0 radical (unpaired) electrons. The average molecular weight is 397 g/mol. The lowest BCUT2D eigenvalue weighted by Crippen LogP contribution is -2.34. The predicted octanol–water partition coefficient (Wildman–Crippen LogP) is 4.40. The van der Waals surface area contributed by atoms with Crippen molar-refractivity contribution in [3.05, 3.63) is 81.6 Å². The molecule has 3 aromatic rings. The van der Waals surface area contributed by atoms with E-state index in [0.717, 1.165) is 33.5 Å². The zero-order chi connectivity index (χ0) is 21.1. The maximum Gasteiger partial charge on any atom is 0.267 e. The number of nitrogens with one attached hydrogen (secondary N) is 1. The Bertz CT molecular complexity index is 1130. The molecular weight excluding hydrogens is 376 g/mol. The third-order valence-corrected chi connectivity index (χ3v) is 4.80. The predicted molar refractivity (Wildman–Crippen MR) is 108 cm³/mol. The lowest BCUT2D eigenvalue weighted by Gasteiger charge is -2.18. The highest BCUT2D eigenvalue weighted by Gasteiger charge is 2.22. The number of aryl methyl sites for hydroxylation is 2. The molecule has 1 N–H and O–H groups in total. The number of nitrogens with zero attached hydrogens (tertiary/aromatic N) is 2. The summed E-state index contributed by atoms with van der Waals surface area (Å²) in [4.78, 5) is 25.1. The fourth-order valence-electron chi connectivity index (χ4n) is 2.98. The standard InChI is InChI=1S/C22H21F2N3O2/c1-4-20(22(29)25-19-8-7-16(23)12-17(19)24)27-21(28)10-9-18(26-27)15-6-5-13(2)14(3)11-15/h5-12,20H,4H2,1-3H3,(H,25,29)/t20-/m0/s1. The van der Waals surface area contributed by atoms with Crippen LogP contribution in [0.1, 0.15) is 30.5 Å². The maximum absolute atomic E-state index is 13.9. The van der Waals surface area contributed by atoms with Crippen LogP contribution in [-0.2, 0) is 4.79 Å². The molecule has 1 aromatic heterocycles. The van der Waals surface area contributed by atoms with Gasteiger partial charge in [0.15, 0.2) is 0 Å². The van der Waals surface area contributed by atoms with Gasteiger partial charge in [0.1, 0.15) is 17.7 Å². The molecule has 0 saturated heterocycles. The van der Waals surface area contributed by atoms with Crippen molar-refractivity contribution < 1.29 is 13.6 Å². The quantitative estimate of drug-likeness (QED) is 0.694. The van der Waals surface area contributed by atoms with Crippen LogP contribution in [0.4, 0.5) is 14.5 Å². The van der Waals surface area contributed by atoms with Crippen LogP contribution in [0.5, 0.6) is 0 Å². The molecule has 0 aliphatic rings. The minimum absolute atomic E-state index is 0.159. The number of rotatable bonds is 5. The molecule has 5 nitrogen and oxygen atoms in total. The van der Waals surface area contributed by atoms with Gasteiger partial charge >= 0.3 is 0 Å². The Kier molecular flexibility index (Phi) is 5.87. The monoisotopic (exact) mass is 397 g/mol. The summed E-state index contributed by atoms with van der Waals surface area (Å²) in [6.07, 6.45) is 0.262. The number of anilines is 1. The Morgan fingerprint density at radius 3 is 2.48 bits per heavy atom. The molecule has 7 heteroatoms. The first kappa shape index (κ1) is 20.4. The van der Waals surface area contributed by atoms with E-state index in [4.69, 9.17) is 0 Å². The molecule has 1 amide bonds. The number of amides is 1. The summed E-state index contributed by atoms with van der Waals surface area (Å²) in [7, 11) is 0. The van der Waals surface area contributed by atoms with Gasteiger partial charge in [-0.25, -0.2) is 13.5 Å². The zero-order valence-corrected chi connectivity index (χ0v) is 16.4. The van der Waals surface area contributed by atoms with Crippen molar-refractivity contribution in [2.24, 2.45) is 0 Å². The lowest BCUT2D eigenvalue weighted by molar-refractivity contribution is -0.119. The number of aromatic nitrogens is 2. The molecule has 1 atom stereocenters. The van der Waals surface area contributed by atoms with E-state index in [1.165, 1.54) is 6.07 Å². The molecular formula is C22H21F2N3O2. The van der Waals surface area contributed by atoms with Crippen molar-refractivity contribution >= 4 is 11.6 Å². The van der Waals surface area contributed by atoms with E-state index >= 15 is 0 Å². The van der Waals surface area contributed by atoms with E-state index < -0.39 is 29.1 Å². The van der Waals surface area contributed by atoms with Gasteiger partial charge < -0.3 is 5.32 Å². The van der Waals surface area contributed by atoms with Gasteiger partial charge in [0.05, 0.1) is 11.4 Å². The van der Waals surface area contributed by atoms with Gasteiger partial charge in [-0.3, -0.25) is 9.59 Å². The summed E-state index contributed by atoms with van der Waals surface area (Å²) in [5.41, 5.74) is 2.98. The van der Waals surface area contributed by atoms with E-state index in [0.29, 0.717) is 11.8 Å². The Labute approximate surface area is 167 Å². The van der Waals surface area contributed by atoms with Crippen LogP contribution in [0.3, 0.4) is 0 Å². The Balaban J connectivity index is 1.95. The number of halogens is 2. The Morgan fingerprint density at radius 1 is 1.07 bits per heavy atom. The fraction of sp³-hybridized carbons (Fsp3) is 0.227.